The van der Waals surface area contributed by atoms with Crippen LogP contribution in [0.1, 0.15) is 46.6 Å². The largest absolute Gasteiger partial charge is 0.242 e. The number of allylic oxidation sites excluding steroid dienone is 2. The quantitative estimate of drug-likeness (QED) is 0.729. The zero-order chi connectivity index (χ0) is 13.1. The minimum Gasteiger partial charge on any atom is -0.242 e. The van der Waals surface area contributed by atoms with Crippen molar-refractivity contribution in [1.82, 2.24) is 4.98 Å². The molecule has 0 atom stereocenters. The van der Waals surface area contributed by atoms with Gasteiger partial charge in [-0.15, -0.1) is 11.3 Å². The van der Waals surface area contributed by atoms with Gasteiger partial charge in [0.15, 0.2) is 0 Å². The van der Waals surface area contributed by atoms with E-state index in [4.69, 9.17) is 0 Å². The van der Waals surface area contributed by atoms with Crippen LogP contribution in [0.25, 0.3) is 12.7 Å². The van der Waals surface area contributed by atoms with Crippen LogP contribution in [0.15, 0.2) is 11.6 Å². The van der Waals surface area contributed by atoms with Crippen molar-refractivity contribution in [2.75, 3.05) is 0 Å². The summed E-state index contributed by atoms with van der Waals surface area (Å²) in [6.07, 6.45) is 4.20. The van der Waals surface area contributed by atoms with Gasteiger partial charge in [-0.2, -0.15) is 0 Å². The highest BCUT2D eigenvalue weighted by Gasteiger charge is 1.91. The molecule has 16 heavy (non-hydrogen) atoms. The summed E-state index contributed by atoms with van der Waals surface area (Å²) in [6, 6.07) is 0. The first-order valence-corrected chi connectivity index (χ1v) is 6.72. The van der Waals surface area contributed by atoms with Crippen molar-refractivity contribution < 1.29 is 0 Å². The highest BCUT2D eigenvalue weighted by molar-refractivity contribution is 7.09. The van der Waals surface area contributed by atoms with Crippen LogP contribution in [0.2, 0.25) is 0 Å². The molecular weight excluding hydrogens is 214 g/mol. The predicted octanol–water partition coefficient (Wildman–Crippen LogP) is 3.66. The van der Waals surface area contributed by atoms with Gasteiger partial charge in [-0.1, -0.05) is 45.9 Å². The van der Waals surface area contributed by atoms with E-state index in [9.17, 15) is 0 Å². The number of aromatic nitrogens is 1. The van der Waals surface area contributed by atoms with Crippen molar-refractivity contribution in [2.24, 2.45) is 0 Å². The highest BCUT2D eigenvalue weighted by Crippen LogP contribution is 1.95. The number of thiazole rings is 1. The minimum atomic E-state index is 0.888. The summed E-state index contributed by atoms with van der Waals surface area (Å²) < 4.78 is 1.17. The van der Waals surface area contributed by atoms with Crippen molar-refractivity contribution in [3.63, 3.8) is 0 Å². The maximum Gasteiger partial charge on any atom is 0.0907 e. The van der Waals surface area contributed by atoms with Gasteiger partial charge in [0, 0.05) is 0 Å². The van der Waals surface area contributed by atoms with Crippen molar-refractivity contribution >= 4 is 24.0 Å². The molecule has 0 aliphatic carbocycles. The summed E-state index contributed by atoms with van der Waals surface area (Å²) in [5, 5.41) is 1.97. The number of nitrogens with zero attached hydrogens (tertiary/aromatic N) is 1. The van der Waals surface area contributed by atoms with E-state index in [1.165, 1.54) is 10.1 Å². The van der Waals surface area contributed by atoms with Gasteiger partial charge in [0.25, 0.3) is 0 Å². The lowest BCUT2D eigenvalue weighted by atomic mass is 10.3. The highest BCUT2D eigenvalue weighted by atomic mass is 32.1. The molecule has 0 radical (unpaired) electrons. The summed E-state index contributed by atoms with van der Waals surface area (Å²) in [5.74, 6) is 0. The average Bonchev–Trinajstić information content (AvgIpc) is 2.63. The fourth-order valence-corrected chi connectivity index (χ4v) is 1.77. The normalized spacial score (nSPS) is 11.2. The molecule has 0 aliphatic heterocycles. The molecule has 1 heterocycles. The summed E-state index contributed by atoms with van der Waals surface area (Å²) in [4.78, 5) is 4.25. The monoisotopic (exact) mass is 239 g/mol. The van der Waals surface area contributed by atoms with Gasteiger partial charge in [-0.25, -0.2) is 4.98 Å². The smallest absolute Gasteiger partial charge is 0.0907 e. The van der Waals surface area contributed by atoms with Crippen LogP contribution in [0.4, 0.5) is 0 Å². The molecule has 0 amide bonds. The Morgan fingerprint density at radius 1 is 1.25 bits per heavy atom. The second kappa shape index (κ2) is 10.6. The molecule has 0 unspecified atom stereocenters. The molecule has 0 saturated carbocycles. The Kier molecular flexibility index (Phi) is 11.6. The van der Waals surface area contributed by atoms with Crippen molar-refractivity contribution in [3.05, 3.63) is 26.5 Å². The zero-order valence-electron chi connectivity index (χ0n) is 11.7. The molecule has 0 N–H and O–H groups in total. The summed E-state index contributed by atoms with van der Waals surface area (Å²) in [7, 11) is 0. The Morgan fingerprint density at radius 3 is 2.06 bits per heavy atom. The van der Waals surface area contributed by atoms with Crippen LogP contribution in [-0.2, 0) is 0 Å². The lowest BCUT2D eigenvalue weighted by Gasteiger charge is -1.83. The van der Waals surface area contributed by atoms with Crippen LogP contribution >= 0.6 is 11.3 Å². The van der Waals surface area contributed by atoms with Crippen LogP contribution in [0.5, 0.6) is 0 Å². The van der Waals surface area contributed by atoms with Gasteiger partial charge in [0.1, 0.15) is 0 Å². The van der Waals surface area contributed by atoms with Gasteiger partial charge in [0.2, 0.25) is 0 Å². The predicted molar refractivity (Wildman–Crippen MR) is 78.2 cm³/mol. The Labute approximate surface area is 104 Å². The molecule has 0 saturated heterocycles. The van der Waals surface area contributed by atoms with E-state index in [0.29, 0.717) is 0 Å². The van der Waals surface area contributed by atoms with E-state index in [1.807, 2.05) is 41.5 Å². The Bertz CT molecular complexity index is 399. The average molecular weight is 239 g/mol. The first-order valence-electron chi connectivity index (χ1n) is 5.90. The molecule has 1 rings (SSSR count). The molecule has 0 aliphatic rings. The Balaban J connectivity index is 0. The SMILES string of the molecule is C=c1nc(C)s/c1=C/C(C)=C\C.CC.CC. The topological polar surface area (TPSA) is 12.9 Å². The third-order valence-corrected chi connectivity index (χ3v) is 2.61. The molecule has 2 heteroatoms. The van der Waals surface area contributed by atoms with E-state index in [1.54, 1.807) is 11.3 Å². The summed E-state index contributed by atoms with van der Waals surface area (Å²) in [5.41, 5.74) is 1.25. The molecule has 0 spiro atoms. The van der Waals surface area contributed by atoms with Crippen LogP contribution in [0.3, 0.4) is 0 Å². The van der Waals surface area contributed by atoms with Gasteiger partial charge < -0.3 is 0 Å². The van der Waals surface area contributed by atoms with Gasteiger partial charge in [-0.05, 0) is 26.8 Å². The molecular formula is C14H25NS. The van der Waals surface area contributed by atoms with E-state index < -0.39 is 0 Å². The lowest BCUT2D eigenvalue weighted by molar-refractivity contribution is 1.24. The molecule has 0 fully saturated rings. The molecule has 1 aromatic heterocycles. The minimum absolute atomic E-state index is 0.888. The molecule has 0 aromatic carbocycles. The number of hydrogen-bond donors (Lipinski definition) is 0. The summed E-state index contributed by atoms with van der Waals surface area (Å²) >= 11 is 1.69. The maximum absolute atomic E-state index is 4.25. The van der Waals surface area contributed by atoms with Crippen molar-refractivity contribution in [3.8, 4) is 0 Å². The van der Waals surface area contributed by atoms with Crippen molar-refractivity contribution in [2.45, 2.75) is 48.5 Å². The van der Waals surface area contributed by atoms with Gasteiger partial charge in [-0.3, -0.25) is 0 Å². The lowest BCUT2D eigenvalue weighted by Crippen LogP contribution is -2.18. The number of hydrogen-bond acceptors (Lipinski definition) is 2. The van der Waals surface area contributed by atoms with E-state index in [2.05, 4.69) is 30.6 Å². The Hall–Kier alpha value is -0.890. The summed E-state index contributed by atoms with van der Waals surface area (Å²) in [6.45, 7) is 18.0. The fraction of sp³-hybridized carbons (Fsp3) is 0.500. The van der Waals surface area contributed by atoms with Crippen LogP contribution in [-0.4, -0.2) is 4.98 Å². The van der Waals surface area contributed by atoms with Crippen molar-refractivity contribution in [1.29, 1.82) is 0 Å². The third-order valence-electron chi connectivity index (χ3n) is 1.65. The second-order valence-electron chi connectivity index (χ2n) is 2.72. The van der Waals surface area contributed by atoms with Crippen LogP contribution < -0.4 is 9.88 Å². The molecule has 92 valence electrons. The molecule has 1 nitrogen and oxygen atoms in total. The second-order valence-corrected chi connectivity index (χ2v) is 3.96. The maximum atomic E-state index is 4.25. The van der Waals surface area contributed by atoms with E-state index in [-0.39, 0.29) is 0 Å². The first kappa shape index (κ1) is 17.5. The number of aryl methyl sites for hydroxylation is 1. The van der Waals surface area contributed by atoms with Gasteiger partial charge >= 0.3 is 0 Å². The van der Waals surface area contributed by atoms with E-state index >= 15 is 0 Å². The molecule has 0 bridgehead atoms. The zero-order valence-corrected chi connectivity index (χ0v) is 12.5. The Morgan fingerprint density at radius 2 is 1.75 bits per heavy atom. The van der Waals surface area contributed by atoms with Gasteiger partial charge in [0.05, 0.1) is 14.9 Å². The first-order chi connectivity index (χ1) is 7.63. The van der Waals surface area contributed by atoms with Crippen LogP contribution in [0, 0.1) is 6.92 Å². The standard InChI is InChI=1S/C10H13NS.2C2H6/c1-5-7(2)6-10-8(3)11-9(4)12-10;2*1-2/h5-6H,3H2,1-2,4H3;2*1-2H3/b7-5-,10-6+;;. The third kappa shape index (κ3) is 6.57. The number of rotatable bonds is 1. The fourth-order valence-electron chi connectivity index (χ4n) is 0.889. The van der Waals surface area contributed by atoms with E-state index in [0.717, 1.165) is 10.4 Å². The molecule has 1 aromatic rings.